The van der Waals surface area contributed by atoms with E-state index < -0.39 is 11.5 Å². The summed E-state index contributed by atoms with van der Waals surface area (Å²) >= 11 is 0. The highest BCUT2D eigenvalue weighted by molar-refractivity contribution is 5.60. The number of anilines is 2. The zero-order chi connectivity index (χ0) is 21.5. The van der Waals surface area contributed by atoms with E-state index in [4.69, 9.17) is 5.26 Å². The first kappa shape index (κ1) is 18.5. The molecule has 3 heterocycles. The second-order valence-electron chi connectivity index (χ2n) is 6.96. The Balaban J connectivity index is 1.66. The molecular formula is C19H14FN9O2. The molecule has 11 nitrogen and oxygen atoms in total. The molecule has 31 heavy (non-hydrogen) atoms. The molecule has 3 aromatic heterocycles. The second kappa shape index (κ2) is 7.06. The number of hydrogen-bond acceptors (Lipinski definition) is 8. The molecule has 5 rings (SSSR count). The minimum absolute atomic E-state index is 0.0810. The van der Waals surface area contributed by atoms with Gasteiger partial charge in [-0.25, -0.2) is 14.2 Å². The average Bonchev–Trinajstić information content (AvgIpc) is 3.38. The van der Waals surface area contributed by atoms with Crippen molar-refractivity contribution in [1.82, 2.24) is 29.5 Å². The maximum absolute atomic E-state index is 14.3. The highest BCUT2D eigenvalue weighted by atomic mass is 19.1. The summed E-state index contributed by atoms with van der Waals surface area (Å²) in [5.41, 5.74) is 0.517. The highest BCUT2D eigenvalue weighted by Crippen LogP contribution is 2.22. The SMILES string of the molecule is N#Cc1ccc(Nc2nc(=NC3CC3)n3ncc(=Cc4[nH]c(=O)[nH]c4O)c3n2)c(F)c1. The lowest BCUT2D eigenvalue weighted by molar-refractivity contribution is 0.454. The number of imidazole rings is 1. The van der Waals surface area contributed by atoms with Gasteiger partial charge in [0.1, 0.15) is 11.5 Å². The summed E-state index contributed by atoms with van der Waals surface area (Å²) in [6.45, 7) is 0. The standard InChI is InChI=1S/C19H14FN9O2/c20-12-5-9(7-21)1-4-13(12)24-17-26-15-10(6-14-16(30)27-19(31)25-14)8-22-29(15)18(28-17)23-11-2-3-11/h1,4-6,8,11,30H,2-3H2,(H,23,24,28)(H2,25,27,31). The summed E-state index contributed by atoms with van der Waals surface area (Å²) in [5, 5.41) is 26.3. The van der Waals surface area contributed by atoms with Crippen molar-refractivity contribution in [3.8, 4) is 11.9 Å². The average molecular weight is 419 g/mol. The van der Waals surface area contributed by atoms with Gasteiger partial charge in [0.05, 0.1) is 29.6 Å². The second-order valence-corrected chi connectivity index (χ2v) is 6.96. The normalized spacial score (nSPS) is 14.8. The Morgan fingerprint density at radius 3 is 2.87 bits per heavy atom. The van der Waals surface area contributed by atoms with Crippen LogP contribution < -0.4 is 21.8 Å². The summed E-state index contributed by atoms with van der Waals surface area (Å²) in [7, 11) is 0. The first-order valence-corrected chi connectivity index (χ1v) is 9.29. The van der Waals surface area contributed by atoms with Gasteiger partial charge in [-0.15, -0.1) is 0 Å². The molecule has 0 unspecified atom stereocenters. The summed E-state index contributed by atoms with van der Waals surface area (Å²) in [6.07, 6.45) is 4.87. The number of nitrogens with zero attached hydrogens (tertiary/aromatic N) is 6. The molecular weight excluding hydrogens is 405 g/mol. The molecule has 0 aliphatic heterocycles. The van der Waals surface area contributed by atoms with Crippen LogP contribution >= 0.6 is 0 Å². The van der Waals surface area contributed by atoms with E-state index in [1.54, 1.807) is 0 Å². The Morgan fingerprint density at radius 2 is 2.19 bits per heavy atom. The van der Waals surface area contributed by atoms with Gasteiger partial charge in [-0.2, -0.15) is 24.8 Å². The quantitative estimate of drug-likeness (QED) is 0.368. The third-order valence-corrected chi connectivity index (χ3v) is 4.60. The van der Waals surface area contributed by atoms with Crippen LogP contribution in [0.1, 0.15) is 24.1 Å². The van der Waals surface area contributed by atoms with Gasteiger partial charge >= 0.3 is 5.69 Å². The number of hydrogen-bond donors (Lipinski definition) is 4. The van der Waals surface area contributed by atoms with Crippen LogP contribution in [-0.2, 0) is 0 Å². The Morgan fingerprint density at radius 1 is 1.35 bits per heavy atom. The number of aromatic amines is 2. The van der Waals surface area contributed by atoms with Crippen molar-refractivity contribution >= 4 is 23.4 Å². The van der Waals surface area contributed by atoms with Gasteiger partial charge in [0, 0.05) is 5.22 Å². The molecule has 12 heteroatoms. The van der Waals surface area contributed by atoms with Gasteiger partial charge in [-0.05, 0) is 37.1 Å². The maximum atomic E-state index is 14.3. The fourth-order valence-corrected chi connectivity index (χ4v) is 2.94. The van der Waals surface area contributed by atoms with Gasteiger partial charge in [0.25, 0.3) is 5.62 Å². The van der Waals surface area contributed by atoms with Crippen LogP contribution in [-0.4, -0.2) is 40.7 Å². The van der Waals surface area contributed by atoms with E-state index in [1.165, 1.54) is 28.9 Å². The number of halogens is 1. The molecule has 4 N–H and O–H groups in total. The van der Waals surface area contributed by atoms with Crippen molar-refractivity contribution in [2.45, 2.75) is 18.9 Å². The van der Waals surface area contributed by atoms with E-state index in [2.05, 4.69) is 35.3 Å². The number of fused-ring (bicyclic) bond motifs is 1. The Hall–Kier alpha value is -4.53. The molecule has 0 amide bonds. The van der Waals surface area contributed by atoms with Crippen molar-refractivity contribution in [2.24, 2.45) is 4.99 Å². The molecule has 4 aromatic rings. The van der Waals surface area contributed by atoms with Gasteiger partial charge < -0.3 is 15.4 Å². The van der Waals surface area contributed by atoms with Gasteiger partial charge in [0.15, 0.2) is 5.65 Å². The molecule has 1 aliphatic rings. The summed E-state index contributed by atoms with van der Waals surface area (Å²) in [5.74, 6) is -0.866. The van der Waals surface area contributed by atoms with Crippen molar-refractivity contribution in [3.63, 3.8) is 0 Å². The first-order valence-electron chi connectivity index (χ1n) is 9.29. The first-order chi connectivity index (χ1) is 15.0. The van der Waals surface area contributed by atoms with Crippen LogP contribution in [0.3, 0.4) is 0 Å². The third kappa shape index (κ3) is 3.60. The molecule has 154 valence electrons. The van der Waals surface area contributed by atoms with Crippen LogP contribution in [0.25, 0.3) is 11.7 Å². The number of H-pyrrole nitrogens is 2. The fraction of sp³-hybridized carbons (Fsp3) is 0.158. The predicted molar refractivity (Wildman–Crippen MR) is 106 cm³/mol. The zero-order valence-electron chi connectivity index (χ0n) is 15.8. The molecule has 0 radical (unpaired) electrons. The van der Waals surface area contributed by atoms with Crippen molar-refractivity contribution < 1.29 is 9.50 Å². The molecule has 0 atom stereocenters. The third-order valence-electron chi connectivity index (χ3n) is 4.60. The lowest BCUT2D eigenvalue weighted by Crippen LogP contribution is -2.24. The lowest BCUT2D eigenvalue weighted by atomic mass is 10.2. The zero-order valence-corrected chi connectivity index (χ0v) is 15.8. The highest BCUT2D eigenvalue weighted by Gasteiger charge is 2.21. The lowest BCUT2D eigenvalue weighted by Gasteiger charge is -2.06. The largest absolute Gasteiger partial charge is 0.493 e. The number of rotatable bonds is 4. The van der Waals surface area contributed by atoms with Crippen LogP contribution in [0.2, 0.25) is 0 Å². The summed E-state index contributed by atoms with van der Waals surface area (Å²) < 4.78 is 15.8. The van der Waals surface area contributed by atoms with E-state index in [1.807, 2.05) is 6.07 Å². The van der Waals surface area contributed by atoms with Gasteiger partial charge in [-0.3, -0.25) is 4.98 Å². The molecule has 1 saturated carbocycles. The van der Waals surface area contributed by atoms with E-state index in [0.717, 1.165) is 18.9 Å². The summed E-state index contributed by atoms with van der Waals surface area (Å²) in [6, 6.07) is 6.02. The van der Waals surface area contributed by atoms with Crippen molar-refractivity contribution in [1.29, 1.82) is 5.26 Å². The number of aromatic hydroxyl groups is 1. The number of nitriles is 1. The van der Waals surface area contributed by atoms with E-state index in [0.29, 0.717) is 10.9 Å². The van der Waals surface area contributed by atoms with Crippen LogP contribution in [0.15, 0.2) is 34.2 Å². The summed E-state index contributed by atoms with van der Waals surface area (Å²) in [4.78, 5) is 29.4. The van der Waals surface area contributed by atoms with E-state index in [9.17, 15) is 14.3 Å². The minimum Gasteiger partial charge on any atom is -0.493 e. The van der Waals surface area contributed by atoms with E-state index >= 15 is 0 Å². The monoisotopic (exact) mass is 419 g/mol. The Kier molecular flexibility index (Phi) is 4.21. The molecule has 0 saturated heterocycles. The smallest absolute Gasteiger partial charge is 0.326 e. The number of benzene rings is 1. The number of nitrogens with one attached hydrogen (secondary N) is 3. The van der Waals surface area contributed by atoms with Crippen LogP contribution in [0.5, 0.6) is 5.88 Å². The van der Waals surface area contributed by atoms with E-state index in [-0.39, 0.29) is 40.4 Å². The van der Waals surface area contributed by atoms with Gasteiger partial charge in [-0.1, -0.05) is 0 Å². The van der Waals surface area contributed by atoms with Crippen LogP contribution in [0, 0.1) is 17.1 Å². The Labute approximate surface area is 172 Å². The topological polar surface area (TPSA) is 160 Å². The molecule has 0 bridgehead atoms. The molecule has 1 aromatic carbocycles. The molecule has 1 aliphatic carbocycles. The van der Waals surface area contributed by atoms with Crippen molar-refractivity contribution in [2.75, 3.05) is 5.32 Å². The maximum Gasteiger partial charge on any atom is 0.326 e. The fourth-order valence-electron chi connectivity index (χ4n) is 2.94. The molecule has 0 spiro atoms. The van der Waals surface area contributed by atoms with Crippen molar-refractivity contribution in [3.05, 3.63) is 62.8 Å². The van der Waals surface area contributed by atoms with Gasteiger partial charge in [0.2, 0.25) is 11.8 Å². The van der Waals surface area contributed by atoms with Crippen LogP contribution in [0.4, 0.5) is 16.0 Å². The number of aromatic nitrogens is 6. The predicted octanol–water partition coefficient (Wildman–Crippen LogP) is 0.211. The molecule has 1 fully saturated rings. The minimum atomic E-state index is -0.627. The Bertz CT molecular complexity index is 1540.